The van der Waals surface area contributed by atoms with Crippen LogP contribution < -0.4 is 11.2 Å². The van der Waals surface area contributed by atoms with Gasteiger partial charge in [0.05, 0.1) is 0 Å². The van der Waals surface area contributed by atoms with Gasteiger partial charge in [0.2, 0.25) is 0 Å². The maximum Gasteiger partial charge on any atom is 0.414 e. The van der Waals surface area contributed by atoms with Gasteiger partial charge in [0.15, 0.2) is 6.61 Å². The standard InChI is InChI=1S/C8H9F3N2O2S/c9-8(10,11)4-15-13-7(14)6(12)5-2-1-3-16-5/h1-3,6H,4,12H2,(H,13,14). The number of carbonyl (C=O) groups excluding carboxylic acids is 1. The minimum atomic E-state index is -4.49. The highest BCUT2D eigenvalue weighted by molar-refractivity contribution is 7.10. The van der Waals surface area contributed by atoms with Gasteiger partial charge in [0.25, 0.3) is 5.91 Å². The first-order valence-corrected chi connectivity index (χ1v) is 5.05. The molecule has 0 bridgehead atoms. The van der Waals surface area contributed by atoms with Gasteiger partial charge in [0, 0.05) is 4.88 Å². The van der Waals surface area contributed by atoms with Gasteiger partial charge in [-0.2, -0.15) is 13.2 Å². The fourth-order valence-corrected chi connectivity index (χ4v) is 1.58. The quantitative estimate of drug-likeness (QED) is 0.797. The molecule has 0 spiro atoms. The molecule has 1 heterocycles. The number of carbonyl (C=O) groups is 1. The normalized spacial score (nSPS) is 13.5. The molecule has 90 valence electrons. The van der Waals surface area contributed by atoms with E-state index in [1.807, 2.05) is 0 Å². The summed E-state index contributed by atoms with van der Waals surface area (Å²) >= 11 is 1.23. The van der Waals surface area contributed by atoms with Gasteiger partial charge in [-0.25, -0.2) is 5.48 Å². The van der Waals surface area contributed by atoms with Crippen molar-refractivity contribution in [1.29, 1.82) is 0 Å². The number of halogens is 3. The molecule has 1 unspecified atom stereocenters. The molecule has 0 aliphatic heterocycles. The van der Waals surface area contributed by atoms with Gasteiger partial charge in [-0.05, 0) is 11.4 Å². The van der Waals surface area contributed by atoms with E-state index in [4.69, 9.17) is 5.73 Å². The lowest BCUT2D eigenvalue weighted by atomic mass is 10.2. The third-order valence-corrected chi connectivity index (χ3v) is 2.50. The molecule has 0 saturated carbocycles. The molecule has 1 aromatic heterocycles. The first-order valence-electron chi connectivity index (χ1n) is 4.17. The second kappa shape index (κ2) is 5.28. The van der Waals surface area contributed by atoms with Gasteiger partial charge in [0.1, 0.15) is 6.04 Å². The summed E-state index contributed by atoms with van der Waals surface area (Å²) in [6, 6.07) is 2.27. The Morgan fingerprint density at radius 3 is 2.81 bits per heavy atom. The summed E-state index contributed by atoms with van der Waals surface area (Å²) in [6.07, 6.45) is -4.49. The predicted octanol–water partition coefficient (Wildman–Crippen LogP) is 1.36. The fraction of sp³-hybridized carbons (Fsp3) is 0.375. The Balaban J connectivity index is 2.36. The molecule has 0 saturated heterocycles. The van der Waals surface area contributed by atoms with E-state index in [1.165, 1.54) is 11.3 Å². The molecule has 4 nitrogen and oxygen atoms in total. The predicted molar refractivity (Wildman–Crippen MR) is 51.4 cm³/mol. The number of hydroxylamine groups is 1. The van der Waals surface area contributed by atoms with Crippen LogP contribution in [0.5, 0.6) is 0 Å². The van der Waals surface area contributed by atoms with Crippen LogP contribution >= 0.6 is 11.3 Å². The van der Waals surface area contributed by atoms with Gasteiger partial charge in [-0.3, -0.25) is 9.63 Å². The third kappa shape index (κ3) is 4.17. The molecule has 1 atom stereocenters. The zero-order chi connectivity index (χ0) is 12.2. The van der Waals surface area contributed by atoms with Crippen molar-refractivity contribution < 1.29 is 22.8 Å². The number of amides is 1. The van der Waals surface area contributed by atoms with Crippen molar-refractivity contribution in [2.24, 2.45) is 5.73 Å². The Morgan fingerprint density at radius 2 is 2.31 bits per heavy atom. The van der Waals surface area contributed by atoms with Gasteiger partial charge >= 0.3 is 6.18 Å². The van der Waals surface area contributed by atoms with Crippen molar-refractivity contribution in [3.8, 4) is 0 Å². The minimum absolute atomic E-state index is 0.549. The van der Waals surface area contributed by atoms with Crippen molar-refractivity contribution in [2.75, 3.05) is 6.61 Å². The van der Waals surface area contributed by atoms with Crippen molar-refractivity contribution in [2.45, 2.75) is 12.2 Å². The summed E-state index contributed by atoms with van der Waals surface area (Å²) in [7, 11) is 0. The third-order valence-electron chi connectivity index (χ3n) is 1.54. The summed E-state index contributed by atoms with van der Waals surface area (Å²) < 4.78 is 35.0. The number of thiophene rings is 1. The van der Waals surface area contributed by atoms with E-state index in [0.29, 0.717) is 4.88 Å². The molecule has 0 aliphatic rings. The first-order chi connectivity index (χ1) is 7.40. The maximum atomic E-state index is 11.7. The summed E-state index contributed by atoms with van der Waals surface area (Å²) in [5.74, 6) is -0.813. The average Bonchev–Trinajstić information content (AvgIpc) is 2.67. The molecular formula is C8H9F3N2O2S. The number of nitrogens with one attached hydrogen (secondary N) is 1. The fourth-order valence-electron chi connectivity index (χ4n) is 0.850. The van der Waals surface area contributed by atoms with Crippen LogP contribution in [0.25, 0.3) is 0 Å². The van der Waals surface area contributed by atoms with Crippen molar-refractivity contribution >= 4 is 17.2 Å². The second-order valence-corrected chi connectivity index (χ2v) is 3.84. The molecule has 0 fully saturated rings. The number of alkyl halides is 3. The molecule has 16 heavy (non-hydrogen) atoms. The van der Waals surface area contributed by atoms with E-state index in [1.54, 1.807) is 23.0 Å². The molecular weight excluding hydrogens is 245 g/mol. The summed E-state index contributed by atoms with van der Waals surface area (Å²) in [5, 5.41) is 1.71. The Kier molecular flexibility index (Phi) is 4.27. The molecule has 8 heteroatoms. The van der Waals surface area contributed by atoms with Gasteiger partial charge < -0.3 is 5.73 Å². The number of nitrogens with two attached hydrogens (primary N) is 1. The lowest BCUT2D eigenvalue weighted by molar-refractivity contribution is -0.192. The monoisotopic (exact) mass is 254 g/mol. The second-order valence-electron chi connectivity index (χ2n) is 2.86. The molecule has 0 aliphatic carbocycles. The van der Waals surface area contributed by atoms with Gasteiger partial charge in [-0.1, -0.05) is 6.07 Å². The van der Waals surface area contributed by atoms with Crippen LogP contribution in [-0.4, -0.2) is 18.7 Å². The molecule has 3 N–H and O–H groups in total. The summed E-state index contributed by atoms with van der Waals surface area (Å²) in [6.45, 7) is -1.55. The van der Waals surface area contributed by atoms with Crippen LogP contribution in [-0.2, 0) is 9.63 Å². The van der Waals surface area contributed by atoms with Crippen LogP contribution in [0.15, 0.2) is 17.5 Å². The molecule has 0 radical (unpaired) electrons. The first kappa shape index (κ1) is 12.9. The molecule has 1 aromatic rings. The maximum absolute atomic E-state index is 11.7. The number of rotatable bonds is 4. The van der Waals surface area contributed by atoms with Crippen LogP contribution in [0.2, 0.25) is 0 Å². The van der Waals surface area contributed by atoms with Crippen LogP contribution in [0.4, 0.5) is 13.2 Å². The summed E-state index contributed by atoms with van der Waals surface area (Å²) in [4.78, 5) is 15.7. The molecule has 1 rings (SSSR count). The van der Waals surface area contributed by atoms with E-state index < -0.39 is 24.7 Å². The number of hydrogen-bond acceptors (Lipinski definition) is 4. The average molecular weight is 254 g/mol. The summed E-state index contributed by atoms with van der Waals surface area (Å²) in [5.41, 5.74) is 7.12. The SMILES string of the molecule is NC(C(=O)NOCC(F)(F)F)c1cccs1. The van der Waals surface area contributed by atoms with E-state index in [0.717, 1.165) is 0 Å². The zero-order valence-corrected chi connectivity index (χ0v) is 8.77. The van der Waals surface area contributed by atoms with E-state index in [9.17, 15) is 18.0 Å². The minimum Gasteiger partial charge on any atom is -0.315 e. The largest absolute Gasteiger partial charge is 0.414 e. The Labute approximate surface area is 93.1 Å². The van der Waals surface area contributed by atoms with Crippen LogP contribution in [0.1, 0.15) is 10.9 Å². The molecule has 1 amide bonds. The molecule has 0 aromatic carbocycles. The van der Waals surface area contributed by atoms with Gasteiger partial charge in [-0.15, -0.1) is 11.3 Å². The highest BCUT2D eigenvalue weighted by Crippen LogP contribution is 2.17. The topological polar surface area (TPSA) is 64.4 Å². The van der Waals surface area contributed by atoms with Crippen LogP contribution in [0.3, 0.4) is 0 Å². The van der Waals surface area contributed by atoms with Crippen LogP contribution in [0, 0.1) is 0 Å². The Hall–Kier alpha value is -1.12. The van der Waals surface area contributed by atoms with Crippen molar-refractivity contribution in [3.05, 3.63) is 22.4 Å². The highest BCUT2D eigenvalue weighted by atomic mass is 32.1. The van der Waals surface area contributed by atoms with E-state index >= 15 is 0 Å². The highest BCUT2D eigenvalue weighted by Gasteiger charge is 2.28. The van der Waals surface area contributed by atoms with Crippen molar-refractivity contribution in [3.63, 3.8) is 0 Å². The Bertz CT molecular complexity index is 340. The lowest BCUT2D eigenvalue weighted by Gasteiger charge is -2.11. The zero-order valence-electron chi connectivity index (χ0n) is 7.95. The van der Waals surface area contributed by atoms with Crippen molar-refractivity contribution in [1.82, 2.24) is 5.48 Å². The van der Waals surface area contributed by atoms with E-state index in [2.05, 4.69) is 4.84 Å². The smallest absolute Gasteiger partial charge is 0.315 e. The lowest BCUT2D eigenvalue weighted by Crippen LogP contribution is -2.36. The number of hydrogen-bond donors (Lipinski definition) is 2. The Morgan fingerprint density at radius 1 is 1.62 bits per heavy atom. The van der Waals surface area contributed by atoms with E-state index in [-0.39, 0.29) is 0 Å².